The molecule has 3 aromatic heterocycles. The van der Waals surface area contributed by atoms with Crippen LogP contribution in [-0.4, -0.2) is 18.2 Å². The van der Waals surface area contributed by atoms with Gasteiger partial charge in [0.05, 0.1) is 5.69 Å². The van der Waals surface area contributed by atoms with Crippen LogP contribution in [-0.2, 0) is 23.6 Å². The predicted molar refractivity (Wildman–Crippen MR) is 91.1 cm³/mol. The number of thiophene rings is 2. The van der Waals surface area contributed by atoms with E-state index in [4.69, 9.17) is 0 Å². The van der Waals surface area contributed by atoms with E-state index in [0.717, 1.165) is 16.2 Å². The van der Waals surface area contributed by atoms with E-state index < -0.39 is 10.0 Å². The first-order chi connectivity index (χ1) is 11.0. The lowest BCUT2D eigenvalue weighted by Gasteiger charge is -2.02. The van der Waals surface area contributed by atoms with Gasteiger partial charge in [0, 0.05) is 35.5 Å². The van der Waals surface area contributed by atoms with Crippen LogP contribution in [0.2, 0.25) is 0 Å². The molecule has 0 aliphatic heterocycles. The quantitative estimate of drug-likeness (QED) is 0.748. The Morgan fingerprint density at radius 1 is 1.26 bits per heavy atom. The largest absolute Gasteiger partial charge is 0.268 e. The molecule has 0 bridgehead atoms. The van der Waals surface area contributed by atoms with E-state index >= 15 is 0 Å². The molecule has 0 saturated heterocycles. The van der Waals surface area contributed by atoms with Gasteiger partial charge in [0.25, 0.3) is 5.56 Å². The number of sulfonamides is 1. The highest BCUT2D eigenvalue weighted by Gasteiger charge is 2.17. The van der Waals surface area contributed by atoms with Crippen LogP contribution in [0, 0.1) is 0 Å². The highest BCUT2D eigenvalue weighted by atomic mass is 32.2. The Hall–Kier alpha value is -1.81. The fraction of sp³-hybridized carbons (Fsp3) is 0.143. The minimum Gasteiger partial charge on any atom is -0.268 e. The van der Waals surface area contributed by atoms with E-state index in [-0.39, 0.29) is 16.3 Å². The minimum absolute atomic E-state index is 0.213. The van der Waals surface area contributed by atoms with E-state index in [9.17, 15) is 13.2 Å². The van der Waals surface area contributed by atoms with Crippen LogP contribution in [0.3, 0.4) is 0 Å². The van der Waals surface area contributed by atoms with Crippen molar-refractivity contribution in [3.63, 3.8) is 0 Å². The van der Waals surface area contributed by atoms with Crippen molar-refractivity contribution in [1.82, 2.24) is 14.5 Å². The molecule has 0 aliphatic rings. The topological polar surface area (TPSA) is 81.1 Å². The Balaban J connectivity index is 1.82. The first kappa shape index (κ1) is 16.1. The van der Waals surface area contributed by atoms with Crippen molar-refractivity contribution < 1.29 is 8.42 Å². The van der Waals surface area contributed by atoms with Crippen molar-refractivity contribution in [3.05, 3.63) is 56.3 Å². The molecule has 3 heterocycles. The van der Waals surface area contributed by atoms with Crippen molar-refractivity contribution in [3.8, 4) is 11.3 Å². The summed E-state index contributed by atoms with van der Waals surface area (Å²) < 4.78 is 28.7. The van der Waals surface area contributed by atoms with Crippen LogP contribution in [0.15, 0.2) is 50.1 Å². The second-order valence-electron chi connectivity index (χ2n) is 4.74. The Bertz CT molecular complexity index is 972. The maximum atomic E-state index is 12.3. The average molecular weight is 367 g/mol. The summed E-state index contributed by atoms with van der Waals surface area (Å²) >= 11 is 2.62. The molecule has 1 N–H and O–H groups in total. The molecule has 0 fully saturated rings. The molecule has 0 aromatic carbocycles. The summed E-state index contributed by atoms with van der Waals surface area (Å²) in [5.41, 5.74) is 1.01. The van der Waals surface area contributed by atoms with Gasteiger partial charge in [-0.05, 0) is 23.6 Å². The van der Waals surface area contributed by atoms with Gasteiger partial charge in [0.1, 0.15) is 4.21 Å². The average Bonchev–Trinajstić information content (AvgIpc) is 3.19. The molecule has 6 nitrogen and oxygen atoms in total. The maximum absolute atomic E-state index is 12.3. The number of rotatable bonds is 5. The summed E-state index contributed by atoms with van der Waals surface area (Å²) in [5, 5.41) is 7.74. The molecular weight excluding hydrogens is 354 g/mol. The van der Waals surface area contributed by atoms with Crippen molar-refractivity contribution in [2.75, 3.05) is 0 Å². The molecule has 120 valence electrons. The third-order valence-corrected chi connectivity index (χ3v) is 6.83. The SMILES string of the molecule is Cn1nc(-c2csc(S(=O)(=O)NCc3cccs3)c2)ccc1=O. The number of nitrogens with zero attached hydrogens (tertiary/aromatic N) is 2. The lowest BCUT2D eigenvalue weighted by Crippen LogP contribution is -2.21. The number of nitrogens with one attached hydrogen (secondary N) is 1. The fourth-order valence-electron chi connectivity index (χ4n) is 1.90. The van der Waals surface area contributed by atoms with Gasteiger partial charge in [-0.2, -0.15) is 5.10 Å². The fourth-order valence-corrected chi connectivity index (χ4v) is 4.86. The molecule has 23 heavy (non-hydrogen) atoms. The van der Waals surface area contributed by atoms with E-state index in [2.05, 4.69) is 9.82 Å². The highest BCUT2D eigenvalue weighted by Crippen LogP contribution is 2.27. The molecule has 9 heteroatoms. The lowest BCUT2D eigenvalue weighted by atomic mass is 10.2. The minimum atomic E-state index is -3.56. The van der Waals surface area contributed by atoms with Crippen LogP contribution in [0.25, 0.3) is 11.3 Å². The summed E-state index contributed by atoms with van der Waals surface area (Å²) in [4.78, 5) is 12.3. The molecule has 0 radical (unpaired) electrons. The summed E-state index contributed by atoms with van der Waals surface area (Å²) in [7, 11) is -2.01. The Morgan fingerprint density at radius 3 is 2.78 bits per heavy atom. The summed E-state index contributed by atoms with van der Waals surface area (Å²) in [6.07, 6.45) is 0. The Morgan fingerprint density at radius 2 is 2.09 bits per heavy atom. The van der Waals surface area contributed by atoms with Crippen molar-refractivity contribution >= 4 is 32.7 Å². The van der Waals surface area contributed by atoms with Crippen LogP contribution in [0.4, 0.5) is 0 Å². The van der Waals surface area contributed by atoms with Crippen molar-refractivity contribution in [2.45, 2.75) is 10.8 Å². The molecule has 0 atom stereocenters. The normalized spacial score (nSPS) is 11.7. The van der Waals surface area contributed by atoms with Gasteiger partial charge in [0.2, 0.25) is 10.0 Å². The Kier molecular flexibility index (Phi) is 4.44. The van der Waals surface area contributed by atoms with Gasteiger partial charge >= 0.3 is 0 Å². The molecule has 0 spiro atoms. The van der Waals surface area contributed by atoms with Crippen LogP contribution in [0.1, 0.15) is 4.88 Å². The molecular formula is C14H13N3O3S3. The van der Waals surface area contributed by atoms with Crippen LogP contribution < -0.4 is 10.3 Å². The van der Waals surface area contributed by atoms with Gasteiger partial charge in [-0.15, -0.1) is 22.7 Å². The first-order valence-electron chi connectivity index (χ1n) is 6.61. The summed E-state index contributed by atoms with van der Waals surface area (Å²) in [6.45, 7) is 0.269. The molecule has 0 unspecified atom stereocenters. The lowest BCUT2D eigenvalue weighted by molar-refractivity contribution is 0.584. The van der Waals surface area contributed by atoms with E-state index in [1.54, 1.807) is 24.6 Å². The number of aromatic nitrogens is 2. The monoisotopic (exact) mass is 367 g/mol. The van der Waals surface area contributed by atoms with E-state index in [1.165, 1.54) is 22.1 Å². The number of hydrogen-bond donors (Lipinski definition) is 1. The van der Waals surface area contributed by atoms with Gasteiger partial charge in [0.15, 0.2) is 0 Å². The zero-order chi connectivity index (χ0) is 16.4. The molecule has 0 aliphatic carbocycles. The first-order valence-corrected chi connectivity index (χ1v) is 9.85. The third kappa shape index (κ3) is 3.58. The van der Waals surface area contributed by atoms with E-state index in [1.807, 2.05) is 17.5 Å². The van der Waals surface area contributed by atoms with Gasteiger partial charge in [-0.3, -0.25) is 4.79 Å². The van der Waals surface area contributed by atoms with E-state index in [0.29, 0.717) is 11.3 Å². The molecule has 0 saturated carbocycles. The zero-order valence-corrected chi connectivity index (χ0v) is 14.5. The maximum Gasteiger partial charge on any atom is 0.266 e. The zero-order valence-electron chi connectivity index (χ0n) is 12.1. The summed E-state index contributed by atoms with van der Waals surface area (Å²) in [6, 6.07) is 8.31. The highest BCUT2D eigenvalue weighted by molar-refractivity contribution is 7.91. The van der Waals surface area contributed by atoms with Crippen molar-refractivity contribution in [1.29, 1.82) is 0 Å². The predicted octanol–water partition coefficient (Wildman–Crippen LogP) is 2.05. The molecule has 3 rings (SSSR count). The van der Waals surface area contributed by atoms with Crippen LogP contribution >= 0.6 is 22.7 Å². The van der Waals surface area contributed by atoms with Gasteiger partial charge < -0.3 is 0 Å². The van der Waals surface area contributed by atoms with Gasteiger partial charge in [-0.1, -0.05) is 6.07 Å². The van der Waals surface area contributed by atoms with Gasteiger partial charge in [-0.25, -0.2) is 17.8 Å². The molecule has 0 amide bonds. The number of aryl methyl sites for hydroxylation is 1. The summed E-state index contributed by atoms with van der Waals surface area (Å²) in [5.74, 6) is 0. The third-order valence-electron chi connectivity index (χ3n) is 3.11. The molecule has 3 aromatic rings. The van der Waals surface area contributed by atoms with Crippen LogP contribution in [0.5, 0.6) is 0 Å². The second-order valence-corrected chi connectivity index (χ2v) is 8.68. The van der Waals surface area contributed by atoms with Crippen molar-refractivity contribution in [2.24, 2.45) is 7.05 Å². The standard InChI is InChI=1S/C14H13N3O3S3/c1-17-13(18)5-4-12(16-17)10-7-14(22-9-10)23(19,20)15-8-11-3-2-6-21-11/h2-7,9,15H,8H2,1H3. The Labute approximate surface area is 141 Å². The number of hydrogen-bond acceptors (Lipinski definition) is 6. The second kappa shape index (κ2) is 6.36. The smallest absolute Gasteiger partial charge is 0.266 e.